The van der Waals surface area contributed by atoms with E-state index in [1.807, 2.05) is 0 Å². The van der Waals surface area contributed by atoms with Crippen LogP contribution in [0, 0.1) is 23.7 Å². The lowest BCUT2D eigenvalue weighted by atomic mass is 9.54. The van der Waals surface area contributed by atoms with E-state index in [0.717, 1.165) is 11.8 Å². The van der Waals surface area contributed by atoms with Gasteiger partial charge in [0.15, 0.2) is 0 Å². The molecular weight excluding hydrogens is 284 g/mol. The van der Waals surface area contributed by atoms with Crippen molar-refractivity contribution in [1.82, 2.24) is 5.32 Å². The average molecular weight is 305 g/mol. The number of amides is 1. The number of carbonyl (C=O) groups is 1. The molecule has 4 aliphatic carbocycles. The van der Waals surface area contributed by atoms with Crippen molar-refractivity contribution in [2.24, 2.45) is 23.7 Å². The fraction of sp³-hybridized carbons (Fsp3) is 0.588. The number of nitrogens with one attached hydrogen (secondary N) is 1. The number of halogens is 1. The largest absolute Gasteiger partial charge is 0.398 e. The van der Waals surface area contributed by atoms with E-state index >= 15 is 0 Å². The molecule has 4 saturated carbocycles. The van der Waals surface area contributed by atoms with Crippen LogP contribution in [-0.2, 0) is 0 Å². The highest BCUT2D eigenvalue weighted by atomic mass is 35.5. The van der Waals surface area contributed by atoms with E-state index in [2.05, 4.69) is 5.32 Å². The van der Waals surface area contributed by atoms with Gasteiger partial charge < -0.3 is 11.1 Å². The van der Waals surface area contributed by atoms with Gasteiger partial charge >= 0.3 is 0 Å². The maximum absolute atomic E-state index is 12.5. The number of hydrogen-bond donors (Lipinski definition) is 2. The first-order valence-electron chi connectivity index (χ1n) is 7.96. The highest BCUT2D eigenvalue weighted by molar-refractivity contribution is 6.31. The van der Waals surface area contributed by atoms with Gasteiger partial charge in [0.25, 0.3) is 5.91 Å². The predicted octanol–water partition coefficient (Wildman–Crippen LogP) is 3.48. The fourth-order valence-electron chi connectivity index (χ4n) is 5.13. The molecule has 112 valence electrons. The summed E-state index contributed by atoms with van der Waals surface area (Å²) in [6, 6.07) is 5.44. The normalized spacial score (nSPS) is 36.7. The Bertz CT molecular complexity index is 558. The summed E-state index contributed by atoms with van der Waals surface area (Å²) >= 11 is 5.90. The van der Waals surface area contributed by atoms with Crippen molar-refractivity contribution in [3.05, 3.63) is 28.8 Å². The van der Waals surface area contributed by atoms with Gasteiger partial charge in [0.1, 0.15) is 0 Å². The smallest absolute Gasteiger partial charge is 0.253 e. The van der Waals surface area contributed by atoms with E-state index in [9.17, 15) is 4.79 Å². The number of benzene rings is 1. The van der Waals surface area contributed by atoms with Gasteiger partial charge in [0.05, 0.1) is 5.56 Å². The third kappa shape index (κ3) is 2.32. The monoisotopic (exact) mass is 304 g/mol. The average Bonchev–Trinajstić information content (AvgIpc) is 2.41. The third-order valence-electron chi connectivity index (χ3n) is 5.78. The Kier molecular flexibility index (Phi) is 3.14. The molecule has 4 bridgehead atoms. The summed E-state index contributed by atoms with van der Waals surface area (Å²) in [6.45, 7) is 0. The number of carbonyl (C=O) groups excluding carboxylic acids is 1. The summed E-state index contributed by atoms with van der Waals surface area (Å²) in [5.41, 5.74) is 6.94. The van der Waals surface area contributed by atoms with Crippen LogP contribution in [0.15, 0.2) is 18.2 Å². The summed E-state index contributed by atoms with van der Waals surface area (Å²) in [6.07, 6.45) is 6.63. The molecule has 21 heavy (non-hydrogen) atoms. The van der Waals surface area contributed by atoms with Gasteiger partial charge in [0.2, 0.25) is 0 Å². The van der Waals surface area contributed by atoms with Crippen LogP contribution in [0.4, 0.5) is 5.69 Å². The van der Waals surface area contributed by atoms with Gasteiger partial charge in [-0.1, -0.05) is 11.6 Å². The zero-order chi connectivity index (χ0) is 14.6. The van der Waals surface area contributed by atoms with Crippen molar-refractivity contribution in [2.45, 2.75) is 38.1 Å². The zero-order valence-electron chi connectivity index (χ0n) is 12.0. The van der Waals surface area contributed by atoms with Crippen molar-refractivity contribution < 1.29 is 4.79 Å². The molecule has 3 nitrogen and oxygen atoms in total. The van der Waals surface area contributed by atoms with Crippen LogP contribution in [0.3, 0.4) is 0 Å². The van der Waals surface area contributed by atoms with Gasteiger partial charge in [0, 0.05) is 16.8 Å². The number of rotatable bonds is 2. The van der Waals surface area contributed by atoms with E-state index in [4.69, 9.17) is 17.3 Å². The van der Waals surface area contributed by atoms with Gasteiger partial charge in [-0.3, -0.25) is 4.79 Å². The lowest BCUT2D eigenvalue weighted by molar-refractivity contribution is -0.0119. The Labute approximate surface area is 130 Å². The SMILES string of the molecule is Nc1cc(Cl)ccc1C(=O)NC1C2CC3CC(C2)CC1C3. The molecule has 0 radical (unpaired) electrons. The molecule has 0 unspecified atom stereocenters. The molecule has 1 amide bonds. The second kappa shape index (κ2) is 4.91. The van der Waals surface area contributed by atoms with Crippen LogP contribution >= 0.6 is 11.6 Å². The molecule has 1 aromatic rings. The van der Waals surface area contributed by atoms with E-state index < -0.39 is 0 Å². The first-order chi connectivity index (χ1) is 10.1. The minimum Gasteiger partial charge on any atom is -0.398 e. The molecule has 4 fully saturated rings. The molecular formula is C17H21ClN2O. The lowest BCUT2D eigenvalue weighted by Crippen LogP contribution is -2.55. The standard InChI is InChI=1S/C17H21ClN2O/c18-13-1-2-14(15(19)8-13)17(21)20-16-11-4-9-3-10(6-11)7-12(16)5-9/h1-2,8-12,16H,3-7,19H2,(H,20,21). The maximum atomic E-state index is 12.5. The zero-order valence-corrected chi connectivity index (χ0v) is 12.8. The third-order valence-corrected chi connectivity index (χ3v) is 6.02. The minimum atomic E-state index is -0.0401. The highest BCUT2D eigenvalue weighted by Crippen LogP contribution is 2.53. The molecule has 0 atom stereocenters. The van der Waals surface area contributed by atoms with Crippen molar-refractivity contribution >= 4 is 23.2 Å². The van der Waals surface area contributed by atoms with E-state index in [1.165, 1.54) is 32.1 Å². The lowest BCUT2D eigenvalue weighted by Gasteiger charge is -2.54. The first kappa shape index (κ1) is 13.4. The Morgan fingerprint density at radius 3 is 2.29 bits per heavy atom. The highest BCUT2D eigenvalue weighted by Gasteiger charge is 2.48. The second-order valence-corrected chi connectivity index (χ2v) is 7.60. The van der Waals surface area contributed by atoms with Crippen molar-refractivity contribution in [1.29, 1.82) is 0 Å². The van der Waals surface area contributed by atoms with Crippen LogP contribution in [0.25, 0.3) is 0 Å². The predicted molar refractivity (Wildman–Crippen MR) is 84.2 cm³/mol. The van der Waals surface area contributed by atoms with Gasteiger partial charge in [-0.2, -0.15) is 0 Å². The van der Waals surface area contributed by atoms with Gasteiger partial charge in [-0.05, 0) is 74.0 Å². The Morgan fingerprint density at radius 2 is 1.71 bits per heavy atom. The van der Waals surface area contributed by atoms with Gasteiger partial charge in [-0.15, -0.1) is 0 Å². The molecule has 5 rings (SSSR count). The maximum Gasteiger partial charge on any atom is 0.253 e. The van der Waals surface area contributed by atoms with Gasteiger partial charge in [-0.25, -0.2) is 0 Å². The molecule has 4 aliphatic rings. The first-order valence-corrected chi connectivity index (χ1v) is 8.34. The van der Waals surface area contributed by atoms with Crippen LogP contribution in [-0.4, -0.2) is 11.9 Å². The number of anilines is 1. The number of nitrogen functional groups attached to an aromatic ring is 1. The Morgan fingerprint density at radius 1 is 1.10 bits per heavy atom. The van der Waals surface area contributed by atoms with Crippen LogP contribution in [0.1, 0.15) is 42.5 Å². The van der Waals surface area contributed by atoms with E-state index in [0.29, 0.717) is 34.2 Å². The topological polar surface area (TPSA) is 55.1 Å². The minimum absolute atomic E-state index is 0.0401. The summed E-state index contributed by atoms with van der Waals surface area (Å²) in [7, 11) is 0. The molecule has 0 saturated heterocycles. The molecule has 0 aliphatic heterocycles. The van der Waals surface area contributed by atoms with E-state index in [-0.39, 0.29) is 5.91 Å². The Hall–Kier alpha value is -1.22. The van der Waals surface area contributed by atoms with Crippen molar-refractivity contribution in [2.75, 3.05) is 5.73 Å². The Balaban J connectivity index is 1.52. The quantitative estimate of drug-likeness (QED) is 0.822. The summed E-state index contributed by atoms with van der Waals surface area (Å²) in [5.74, 6) is 3.15. The van der Waals surface area contributed by atoms with Crippen molar-refractivity contribution in [3.63, 3.8) is 0 Å². The molecule has 0 aromatic heterocycles. The number of nitrogens with two attached hydrogens (primary N) is 1. The fourth-order valence-corrected chi connectivity index (χ4v) is 5.31. The van der Waals surface area contributed by atoms with E-state index in [1.54, 1.807) is 18.2 Å². The molecule has 1 aromatic carbocycles. The van der Waals surface area contributed by atoms with Crippen molar-refractivity contribution in [3.8, 4) is 0 Å². The van der Waals surface area contributed by atoms with Crippen LogP contribution < -0.4 is 11.1 Å². The number of hydrogen-bond acceptors (Lipinski definition) is 2. The summed E-state index contributed by atoms with van der Waals surface area (Å²) < 4.78 is 0. The molecule has 0 heterocycles. The molecule has 0 spiro atoms. The molecule has 4 heteroatoms. The van der Waals surface area contributed by atoms with Crippen LogP contribution in [0.2, 0.25) is 5.02 Å². The second-order valence-electron chi connectivity index (χ2n) is 7.16. The summed E-state index contributed by atoms with van der Waals surface area (Å²) in [5, 5.41) is 3.84. The summed E-state index contributed by atoms with van der Waals surface area (Å²) in [4.78, 5) is 12.5. The van der Waals surface area contributed by atoms with Crippen LogP contribution in [0.5, 0.6) is 0 Å². The molecule has 3 N–H and O–H groups in total.